The second-order valence-corrected chi connectivity index (χ2v) is 3.65. The normalized spacial score (nSPS) is 9.81. The van der Waals surface area contributed by atoms with E-state index >= 15 is 0 Å². The highest BCUT2D eigenvalue weighted by Crippen LogP contribution is 2.07. The summed E-state index contributed by atoms with van der Waals surface area (Å²) in [5, 5.41) is 0. The zero-order valence-corrected chi connectivity index (χ0v) is 9.40. The molecule has 80 valence electrons. The Labute approximate surface area is 95.7 Å². The van der Waals surface area contributed by atoms with Crippen molar-refractivity contribution in [2.45, 2.75) is 26.2 Å². The molecule has 0 atom stereocenters. The number of rotatable bonds is 2. The Kier molecular flexibility index (Phi) is 3.50. The van der Waals surface area contributed by atoms with Crippen LogP contribution < -0.4 is 0 Å². The van der Waals surface area contributed by atoms with Gasteiger partial charge in [0, 0.05) is 6.42 Å². The highest BCUT2D eigenvalue weighted by atomic mass is 14.8. The lowest BCUT2D eigenvalue weighted by Crippen LogP contribution is -1.87. The number of aromatic nitrogens is 2. The van der Waals surface area contributed by atoms with Gasteiger partial charge in [-0.05, 0) is 24.5 Å². The van der Waals surface area contributed by atoms with Gasteiger partial charge in [-0.3, -0.25) is 4.98 Å². The molecule has 0 unspecified atom stereocenters. The van der Waals surface area contributed by atoms with Crippen LogP contribution in [0.4, 0.5) is 0 Å². The van der Waals surface area contributed by atoms with Crippen LogP contribution in [0, 0.1) is 11.8 Å². The number of hydrogen-bond donors (Lipinski definition) is 0. The molecule has 2 aromatic rings. The Balaban J connectivity index is 2.21. The maximum Gasteiger partial charge on any atom is 0.132 e. The fourth-order valence-corrected chi connectivity index (χ4v) is 1.44. The van der Waals surface area contributed by atoms with Gasteiger partial charge in [-0.25, -0.2) is 4.98 Å². The summed E-state index contributed by atoms with van der Waals surface area (Å²) in [6.07, 6.45) is 5.00. The van der Waals surface area contributed by atoms with E-state index in [9.17, 15) is 0 Å². The van der Waals surface area contributed by atoms with E-state index in [4.69, 9.17) is 0 Å². The van der Waals surface area contributed by atoms with Crippen molar-refractivity contribution in [3.63, 3.8) is 0 Å². The van der Waals surface area contributed by atoms with Crippen LogP contribution in [0.2, 0.25) is 0 Å². The molecule has 0 saturated heterocycles. The van der Waals surface area contributed by atoms with E-state index in [0.717, 1.165) is 29.6 Å². The van der Waals surface area contributed by atoms with Crippen molar-refractivity contribution in [2.24, 2.45) is 0 Å². The Morgan fingerprint density at radius 3 is 2.81 bits per heavy atom. The Hall–Kier alpha value is -1.88. The molecule has 1 heterocycles. The second kappa shape index (κ2) is 5.27. The Bertz CT molecular complexity index is 535. The molecule has 0 N–H and O–H groups in total. The van der Waals surface area contributed by atoms with Gasteiger partial charge in [0.05, 0.1) is 17.2 Å². The monoisotopic (exact) mass is 210 g/mol. The predicted molar refractivity (Wildman–Crippen MR) is 65.9 cm³/mol. The van der Waals surface area contributed by atoms with Crippen molar-refractivity contribution in [3.8, 4) is 11.8 Å². The fraction of sp³-hybridized carbons (Fsp3) is 0.286. The van der Waals surface area contributed by atoms with Crippen molar-refractivity contribution >= 4 is 11.0 Å². The van der Waals surface area contributed by atoms with Crippen LogP contribution in [-0.2, 0) is 0 Å². The minimum Gasteiger partial charge on any atom is -0.252 e. The molecular weight excluding hydrogens is 196 g/mol. The number of unbranched alkanes of at least 4 members (excludes halogenated alkanes) is 2. The summed E-state index contributed by atoms with van der Waals surface area (Å²) in [5.41, 5.74) is 2.58. The lowest BCUT2D eigenvalue weighted by atomic mass is 10.2. The molecule has 1 aromatic carbocycles. The lowest BCUT2D eigenvalue weighted by Gasteiger charge is -1.95. The van der Waals surface area contributed by atoms with Crippen LogP contribution in [0.15, 0.2) is 30.5 Å². The van der Waals surface area contributed by atoms with Gasteiger partial charge in [-0.2, -0.15) is 0 Å². The Morgan fingerprint density at radius 2 is 2.00 bits per heavy atom. The number of hydrogen-bond acceptors (Lipinski definition) is 2. The molecule has 2 heteroatoms. The van der Waals surface area contributed by atoms with Crippen molar-refractivity contribution in [1.82, 2.24) is 9.97 Å². The Morgan fingerprint density at radius 1 is 1.19 bits per heavy atom. The first-order valence-electron chi connectivity index (χ1n) is 5.61. The van der Waals surface area contributed by atoms with Gasteiger partial charge >= 0.3 is 0 Å². The molecular formula is C14H14N2. The molecule has 0 radical (unpaired) electrons. The number of benzene rings is 1. The van der Waals surface area contributed by atoms with Crippen LogP contribution in [0.25, 0.3) is 11.0 Å². The first-order chi connectivity index (χ1) is 7.90. The highest BCUT2D eigenvalue weighted by Gasteiger charge is 1.95. The third-order valence-corrected chi connectivity index (χ3v) is 2.32. The van der Waals surface area contributed by atoms with Crippen molar-refractivity contribution in [2.75, 3.05) is 0 Å². The van der Waals surface area contributed by atoms with Crippen molar-refractivity contribution < 1.29 is 0 Å². The quantitative estimate of drug-likeness (QED) is 0.562. The second-order valence-electron chi connectivity index (χ2n) is 3.65. The standard InChI is InChI=1S/C14H14N2/c1-2-3-4-5-8-12-11-15-13-9-6-7-10-14(13)16-12/h6-7,9-11H,2-4H2,1H3. The molecule has 2 nitrogen and oxygen atoms in total. The first-order valence-corrected chi connectivity index (χ1v) is 5.61. The summed E-state index contributed by atoms with van der Waals surface area (Å²) in [7, 11) is 0. The van der Waals surface area contributed by atoms with Crippen molar-refractivity contribution in [1.29, 1.82) is 0 Å². The maximum absolute atomic E-state index is 4.44. The predicted octanol–water partition coefficient (Wildman–Crippen LogP) is 3.17. The lowest BCUT2D eigenvalue weighted by molar-refractivity contribution is 0.828. The van der Waals surface area contributed by atoms with Gasteiger partial charge in [0.25, 0.3) is 0 Å². The molecule has 0 aliphatic carbocycles. The smallest absolute Gasteiger partial charge is 0.132 e. The number of nitrogens with zero attached hydrogens (tertiary/aromatic N) is 2. The zero-order chi connectivity index (χ0) is 11.2. The van der Waals surface area contributed by atoms with Gasteiger partial charge in [0.1, 0.15) is 5.69 Å². The average Bonchev–Trinajstić information content (AvgIpc) is 2.34. The zero-order valence-electron chi connectivity index (χ0n) is 9.40. The summed E-state index contributed by atoms with van der Waals surface area (Å²) in [6.45, 7) is 2.16. The summed E-state index contributed by atoms with van der Waals surface area (Å²) in [5.74, 6) is 6.16. The van der Waals surface area contributed by atoms with E-state index in [1.165, 1.54) is 6.42 Å². The number of fused-ring (bicyclic) bond motifs is 1. The van der Waals surface area contributed by atoms with E-state index in [0.29, 0.717) is 0 Å². The fourth-order valence-electron chi connectivity index (χ4n) is 1.44. The van der Waals surface area contributed by atoms with Gasteiger partial charge in [0.2, 0.25) is 0 Å². The minimum absolute atomic E-state index is 0.759. The highest BCUT2D eigenvalue weighted by molar-refractivity contribution is 5.74. The molecule has 0 saturated carbocycles. The van der Waals surface area contributed by atoms with Gasteiger partial charge in [-0.1, -0.05) is 31.4 Å². The number of para-hydroxylation sites is 2. The summed E-state index contributed by atoms with van der Waals surface area (Å²) < 4.78 is 0. The molecule has 0 bridgehead atoms. The average molecular weight is 210 g/mol. The SMILES string of the molecule is CCCCC#Cc1cnc2ccccc2n1. The van der Waals surface area contributed by atoms with Gasteiger partial charge in [-0.15, -0.1) is 0 Å². The van der Waals surface area contributed by atoms with Gasteiger partial charge < -0.3 is 0 Å². The van der Waals surface area contributed by atoms with E-state index in [1.807, 2.05) is 24.3 Å². The summed E-state index contributed by atoms with van der Waals surface area (Å²) >= 11 is 0. The molecule has 0 aliphatic heterocycles. The molecule has 16 heavy (non-hydrogen) atoms. The van der Waals surface area contributed by atoms with Crippen LogP contribution in [0.5, 0.6) is 0 Å². The van der Waals surface area contributed by atoms with Crippen LogP contribution in [0.3, 0.4) is 0 Å². The minimum atomic E-state index is 0.759. The maximum atomic E-state index is 4.44. The van der Waals surface area contributed by atoms with E-state index in [2.05, 4.69) is 28.7 Å². The summed E-state index contributed by atoms with van der Waals surface area (Å²) in [6, 6.07) is 7.84. The topological polar surface area (TPSA) is 25.8 Å². The molecule has 0 aliphatic rings. The van der Waals surface area contributed by atoms with E-state index < -0.39 is 0 Å². The van der Waals surface area contributed by atoms with Crippen LogP contribution in [0.1, 0.15) is 31.9 Å². The first kappa shape index (κ1) is 10.6. The largest absolute Gasteiger partial charge is 0.252 e. The third kappa shape index (κ3) is 2.58. The van der Waals surface area contributed by atoms with Crippen molar-refractivity contribution in [3.05, 3.63) is 36.2 Å². The molecule has 0 spiro atoms. The molecule has 0 amide bonds. The summed E-state index contributed by atoms with van der Waals surface area (Å²) in [4.78, 5) is 8.75. The molecule has 1 aromatic heterocycles. The molecule has 2 rings (SSSR count). The van der Waals surface area contributed by atoms with Crippen LogP contribution in [-0.4, -0.2) is 9.97 Å². The van der Waals surface area contributed by atoms with E-state index in [-0.39, 0.29) is 0 Å². The third-order valence-electron chi connectivity index (χ3n) is 2.32. The van der Waals surface area contributed by atoms with Gasteiger partial charge in [0.15, 0.2) is 0 Å². The van der Waals surface area contributed by atoms with Crippen LogP contribution >= 0.6 is 0 Å². The molecule has 0 fully saturated rings. The van der Waals surface area contributed by atoms with E-state index in [1.54, 1.807) is 6.20 Å².